The second-order valence-corrected chi connectivity index (χ2v) is 16.7. The minimum atomic E-state index is -1.06. The van der Waals surface area contributed by atoms with Gasteiger partial charge in [0.15, 0.2) is 0 Å². The van der Waals surface area contributed by atoms with Crippen LogP contribution in [0.25, 0.3) is 11.1 Å². The van der Waals surface area contributed by atoms with Gasteiger partial charge in [-0.3, -0.25) is 0 Å². The minimum absolute atomic E-state index is 1.06. The van der Waals surface area contributed by atoms with Crippen molar-refractivity contribution in [2.45, 2.75) is 40.5 Å². The number of hydrogen-bond donors (Lipinski definition) is 0. The Morgan fingerprint density at radius 2 is 0.923 bits per heavy atom. The fourth-order valence-corrected chi connectivity index (χ4v) is 12.9. The van der Waals surface area contributed by atoms with Crippen molar-refractivity contribution in [1.82, 2.24) is 0 Å². The zero-order valence-electron chi connectivity index (χ0n) is 17.2. The summed E-state index contributed by atoms with van der Waals surface area (Å²) in [5.41, 5.74) is 3.13. The van der Waals surface area contributed by atoms with Crippen LogP contribution in [-0.4, -0.2) is 37.0 Å². The molecule has 1 aliphatic rings. The third-order valence-electron chi connectivity index (χ3n) is 6.96. The van der Waals surface area contributed by atoms with Gasteiger partial charge in [0, 0.05) is 25.7 Å². The van der Waals surface area contributed by atoms with E-state index in [0.29, 0.717) is 0 Å². The smallest absolute Gasteiger partial charge is 0.0614 e. The van der Waals surface area contributed by atoms with E-state index in [4.69, 9.17) is 0 Å². The molecule has 0 fully saturated rings. The Kier molecular flexibility index (Phi) is 6.59. The van der Waals surface area contributed by atoms with Gasteiger partial charge < -0.3 is 0 Å². The van der Waals surface area contributed by atoms with E-state index in [-0.39, 0.29) is 0 Å². The standard InChI is InChI=1S/C24H36P2/c1-5-25(6-2)19-13-14-20-26(7-3,8-4)24-18-12-10-16-22(24)21-15-9-11-17-23(21)25/h9-12,15-18H,5-8,13-14,19-20H2,1-4H3/q+2. The second-order valence-electron chi connectivity index (χ2n) is 7.74. The van der Waals surface area contributed by atoms with Gasteiger partial charge in [-0.2, -0.15) is 0 Å². The number of rotatable bonds is 4. The highest BCUT2D eigenvalue weighted by molar-refractivity contribution is 7.84. The molecule has 1 aliphatic heterocycles. The first-order valence-electron chi connectivity index (χ1n) is 10.6. The Morgan fingerprint density at radius 3 is 1.27 bits per heavy atom. The molecule has 140 valence electrons. The fourth-order valence-electron chi connectivity index (χ4n) is 5.06. The number of benzene rings is 2. The highest BCUT2D eigenvalue weighted by Gasteiger charge is 2.43. The molecule has 0 bridgehead atoms. The van der Waals surface area contributed by atoms with Gasteiger partial charge in [0.25, 0.3) is 0 Å². The molecule has 2 heteroatoms. The normalized spacial score (nSPS) is 18.6. The van der Waals surface area contributed by atoms with Crippen molar-refractivity contribution in [3.05, 3.63) is 48.5 Å². The lowest BCUT2D eigenvalue weighted by Gasteiger charge is -2.32. The molecule has 1 heterocycles. The molecule has 3 rings (SSSR count). The van der Waals surface area contributed by atoms with Crippen molar-refractivity contribution in [2.75, 3.05) is 37.0 Å². The van der Waals surface area contributed by atoms with Crippen LogP contribution in [0.2, 0.25) is 0 Å². The topological polar surface area (TPSA) is 0 Å². The van der Waals surface area contributed by atoms with Crippen LogP contribution in [0, 0.1) is 0 Å². The molecule has 0 unspecified atom stereocenters. The molecular weight excluding hydrogens is 350 g/mol. The summed E-state index contributed by atoms with van der Waals surface area (Å²) in [7, 11) is -2.12. The third kappa shape index (κ3) is 3.41. The van der Waals surface area contributed by atoms with Crippen molar-refractivity contribution in [3.63, 3.8) is 0 Å². The number of fused-ring (bicyclic) bond motifs is 3. The summed E-state index contributed by atoms with van der Waals surface area (Å²) >= 11 is 0. The molecule has 2 aromatic carbocycles. The molecule has 0 radical (unpaired) electrons. The summed E-state index contributed by atoms with van der Waals surface area (Å²) in [5.74, 6) is 0. The van der Waals surface area contributed by atoms with E-state index in [2.05, 4.69) is 76.2 Å². The van der Waals surface area contributed by atoms with Crippen LogP contribution in [0.5, 0.6) is 0 Å². The van der Waals surface area contributed by atoms with E-state index >= 15 is 0 Å². The molecule has 0 amide bonds. The summed E-state index contributed by atoms with van der Waals surface area (Å²) < 4.78 is 0. The summed E-state index contributed by atoms with van der Waals surface area (Å²) in [5, 5.41) is 3.43. The van der Waals surface area contributed by atoms with Gasteiger partial charge in [0.2, 0.25) is 0 Å². The molecule has 0 N–H and O–H groups in total. The predicted octanol–water partition coefficient (Wildman–Crippen LogP) is 6.51. The molecule has 0 aromatic heterocycles. The van der Waals surface area contributed by atoms with Crippen LogP contribution in [0.15, 0.2) is 48.5 Å². The number of hydrogen-bond acceptors (Lipinski definition) is 0. The molecule has 26 heavy (non-hydrogen) atoms. The van der Waals surface area contributed by atoms with Gasteiger partial charge in [0.05, 0.1) is 37.0 Å². The van der Waals surface area contributed by atoms with Crippen LogP contribution in [0.4, 0.5) is 0 Å². The van der Waals surface area contributed by atoms with Crippen LogP contribution in [-0.2, 0) is 0 Å². The van der Waals surface area contributed by atoms with E-state index in [1.165, 1.54) is 49.8 Å². The quantitative estimate of drug-likeness (QED) is 0.525. The maximum atomic E-state index is 2.48. The molecule has 0 saturated carbocycles. The van der Waals surface area contributed by atoms with Crippen LogP contribution in [0.1, 0.15) is 40.5 Å². The molecule has 2 aromatic rings. The highest BCUT2D eigenvalue weighted by atomic mass is 31.2. The minimum Gasteiger partial charge on any atom is -0.0614 e. The van der Waals surface area contributed by atoms with Crippen molar-refractivity contribution in [1.29, 1.82) is 0 Å². The van der Waals surface area contributed by atoms with Gasteiger partial charge in [0.1, 0.15) is 10.6 Å². The lowest BCUT2D eigenvalue weighted by molar-refractivity contribution is 0.886. The van der Waals surface area contributed by atoms with E-state index < -0.39 is 14.5 Å². The Labute approximate surface area is 162 Å². The largest absolute Gasteiger partial charge is 0.102 e. The van der Waals surface area contributed by atoms with Crippen molar-refractivity contribution in [3.8, 4) is 11.1 Å². The van der Waals surface area contributed by atoms with Crippen LogP contribution in [0.3, 0.4) is 0 Å². The average Bonchev–Trinajstić information content (AvgIpc) is 2.72. The Morgan fingerprint density at radius 1 is 0.577 bits per heavy atom. The first kappa shape index (κ1) is 20.0. The Balaban J connectivity index is 2.32. The monoisotopic (exact) mass is 386 g/mol. The van der Waals surface area contributed by atoms with Crippen LogP contribution >= 0.6 is 14.5 Å². The predicted molar refractivity (Wildman–Crippen MR) is 126 cm³/mol. The summed E-state index contributed by atoms with van der Waals surface area (Å²) in [6.45, 7) is 9.78. The van der Waals surface area contributed by atoms with Crippen molar-refractivity contribution >= 4 is 25.1 Å². The molecule has 0 aliphatic carbocycles. The fraction of sp³-hybridized carbons (Fsp3) is 0.500. The Hall–Kier alpha value is -0.700. The molecule has 0 spiro atoms. The van der Waals surface area contributed by atoms with E-state index in [1.54, 1.807) is 21.7 Å². The summed E-state index contributed by atoms with van der Waals surface area (Å²) in [6.07, 6.45) is 11.2. The first-order valence-corrected chi connectivity index (χ1v) is 15.3. The summed E-state index contributed by atoms with van der Waals surface area (Å²) in [6, 6.07) is 18.9. The second kappa shape index (κ2) is 8.54. The molecule has 0 atom stereocenters. The van der Waals surface area contributed by atoms with E-state index in [9.17, 15) is 0 Å². The first-order chi connectivity index (χ1) is 12.7. The van der Waals surface area contributed by atoms with Crippen LogP contribution < -0.4 is 10.6 Å². The highest BCUT2D eigenvalue weighted by Crippen LogP contribution is 2.63. The zero-order chi connectivity index (χ0) is 18.6. The Bertz CT molecular complexity index is 663. The van der Waals surface area contributed by atoms with Crippen molar-refractivity contribution in [2.24, 2.45) is 0 Å². The maximum absolute atomic E-state index is 2.48. The lowest BCUT2D eigenvalue weighted by atomic mass is 10.1. The zero-order valence-corrected chi connectivity index (χ0v) is 19.0. The summed E-state index contributed by atoms with van der Waals surface area (Å²) in [4.78, 5) is 0. The van der Waals surface area contributed by atoms with E-state index in [1.807, 2.05) is 0 Å². The van der Waals surface area contributed by atoms with Gasteiger partial charge in [-0.15, -0.1) is 0 Å². The van der Waals surface area contributed by atoms with Gasteiger partial charge >= 0.3 is 0 Å². The molecular formula is C24H36P2+2. The van der Waals surface area contributed by atoms with Gasteiger partial charge in [-0.05, 0) is 52.7 Å². The molecule has 0 nitrogen and oxygen atoms in total. The van der Waals surface area contributed by atoms with E-state index in [0.717, 1.165) is 0 Å². The lowest BCUT2D eigenvalue weighted by Crippen LogP contribution is -2.27. The van der Waals surface area contributed by atoms with Gasteiger partial charge in [-0.25, -0.2) is 0 Å². The maximum Gasteiger partial charge on any atom is 0.102 e. The SMILES string of the molecule is CC[P+]1(CC)CCCC[P+](CC)(CC)c2ccccc2-c2ccccc21. The molecule has 0 saturated heterocycles. The average molecular weight is 387 g/mol. The van der Waals surface area contributed by atoms with Gasteiger partial charge in [-0.1, -0.05) is 36.4 Å². The third-order valence-corrected chi connectivity index (χ3v) is 17.0. The van der Waals surface area contributed by atoms with Crippen molar-refractivity contribution < 1.29 is 0 Å².